The molecule has 4 rings (SSSR count). The van der Waals surface area contributed by atoms with Crippen molar-refractivity contribution in [2.75, 3.05) is 0 Å². The van der Waals surface area contributed by atoms with Crippen LogP contribution in [-0.2, 0) is 13.1 Å². The number of fused-ring (bicyclic) bond motifs is 2. The topological polar surface area (TPSA) is 55.8 Å². The molecule has 0 aliphatic heterocycles. The summed E-state index contributed by atoms with van der Waals surface area (Å²) in [5.74, 6) is -0.203. The zero-order valence-corrected chi connectivity index (χ0v) is 15.3. The lowest BCUT2D eigenvalue weighted by Gasteiger charge is -2.10. The first-order valence-corrected chi connectivity index (χ1v) is 8.99. The minimum absolute atomic E-state index is 0.116. The number of Topliss-reactive ketones (excluding diaryl/α,β-unsaturated/α-hetero) is 1. The Bertz CT molecular complexity index is 1240. The van der Waals surface area contributed by atoms with Crippen LogP contribution < -0.4 is 10.00 Å². The van der Waals surface area contributed by atoms with Crippen molar-refractivity contribution in [3.8, 4) is 0 Å². The van der Waals surface area contributed by atoms with Gasteiger partial charge in [-0.05, 0) is 38.1 Å². The van der Waals surface area contributed by atoms with Crippen molar-refractivity contribution >= 4 is 27.7 Å². The van der Waals surface area contributed by atoms with Crippen LogP contribution in [0.25, 0.3) is 21.9 Å². The summed E-state index contributed by atoms with van der Waals surface area (Å²) in [6, 6.07) is 15.4. The van der Waals surface area contributed by atoms with E-state index in [2.05, 4.69) is 4.98 Å². The molecule has 27 heavy (non-hydrogen) atoms. The standard InChI is InChI=1S/C22H20N3O2/c1-3-24-13-18(21(27)17-11-10-15(2)23-22(17)24)20(26)14-25-12-6-8-16-7-4-5-9-19(16)25/h4-13H,3,14H2,1-2H3/q+1. The summed E-state index contributed by atoms with van der Waals surface area (Å²) < 4.78 is 3.75. The number of hydrogen-bond acceptors (Lipinski definition) is 3. The van der Waals surface area contributed by atoms with Gasteiger partial charge < -0.3 is 4.57 Å². The van der Waals surface area contributed by atoms with Crippen molar-refractivity contribution in [1.29, 1.82) is 0 Å². The van der Waals surface area contributed by atoms with E-state index in [9.17, 15) is 9.59 Å². The molecule has 5 heteroatoms. The van der Waals surface area contributed by atoms with Crippen LogP contribution in [0, 0.1) is 6.92 Å². The molecule has 0 saturated heterocycles. The molecule has 0 saturated carbocycles. The number of hydrogen-bond donors (Lipinski definition) is 0. The van der Waals surface area contributed by atoms with Gasteiger partial charge in [-0.25, -0.2) is 4.98 Å². The van der Waals surface area contributed by atoms with Gasteiger partial charge in [0.15, 0.2) is 6.20 Å². The van der Waals surface area contributed by atoms with Crippen LogP contribution in [0.5, 0.6) is 0 Å². The first kappa shape index (κ1) is 17.1. The van der Waals surface area contributed by atoms with E-state index in [0.717, 1.165) is 16.6 Å². The van der Waals surface area contributed by atoms with Gasteiger partial charge in [-0.3, -0.25) is 9.59 Å². The third-order valence-electron chi connectivity index (χ3n) is 4.80. The molecule has 0 aliphatic rings. The molecule has 0 N–H and O–H groups in total. The molecule has 0 amide bonds. The van der Waals surface area contributed by atoms with Crippen LogP contribution in [0.3, 0.4) is 0 Å². The molecule has 0 spiro atoms. The van der Waals surface area contributed by atoms with Crippen molar-refractivity contribution in [3.05, 3.63) is 82.4 Å². The smallest absolute Gasteiger partial charge is 0.232 e. The van der Waals surface area contributed by atoms with Gasteiger partial charge in [0.25, 0.3) is 0 Å². The second kappa shape index (κ2) is 6.76. The van der Waals surface area contributed by atoms with Crippen LogP contribution in [0.2, 0.25) is 0 Å². The second-order valence-corrected chi connectivity index (χ2v) is 6.60. The highest BCUT2D eigenvalue weighted by atomic mass is 16.1. The predicted octanol–water partition coefficient (Wildman–Crippen LogP) is 3.05. The quantitative estimate of drug-likeness (QED) is 0.416. The minimum atomic E-state index is -0.256. The molecule has 4 aromatic rings. The maximum Gasteiger partial charge on any atom is 0.232 e. The van der Waals surface area contributed by atoms with Crippen molar-refractivity contribution in [2.24, 2.45) is 0 Å². The van der Waals surface area contributed by atoms with Crippen molar-refractivity contribution < 1.29 is 9.36 Å². The molecular weight excluding hydrogens is 338 g/mol. The minimum Gasteiger partial charge on any atom is -0.332 e. The van der Waals surface area contributed by atoms with Gasteiger partial charge >= 0.3 is 0 Å². The van der Waals surface area contributed by atoms with Crippen molar-refractivity contribution in [2.45, 2.75) is 26.9 Å². The van der Waals surface area contributed by atoms with E-state index in [-0.39, 0.29) is 23.3 Å². The fourth-order valence-corrected chi connectivity index (χ4v) is 3.40. The van der Waals surface area contributed by atoms with Gasteiger partial charge in [-0.1, -0.05) is 12.1 Å². The Kier molecular flexibility index (Phi) is 4.28. The fraction of sp³-hybridized carbons (Fsp3) is 0.182. The number of para-hydroxylation sites is 1. The summed E-state index contributed by atoms with van der Waals surface area (Å²) >= 11 is 0. The summed E-state index contributed by atoms with van der Waals surface area (Å²) in [5, 5.41) is 1.54. The normalized spacial score (nSPS) is 11.2. The molecule has 5 nitrogen and oxygen atoms in total. The monoisotopic (exact) mass is 358 g/mol. The molecule has 0 aliphatic carbocycles. The molecule has 0 fully saturated rings. The molecule has 0 atom stereocenters. The van der Waals surface area contributed by atoms with Gasteiger partial charge in [0.1, 0.15) is 5.65 Å². The number of ketones is 1. The zero-order chi connectivity index (χ0) is 19.0. The SMILES string of the molecule is CCn1cc(C(=O)C[n+]2cccc3ccccc32)c(=O)c2ccc(C)nc21. The molecule has 0 radical (unpaired) electrons. The average Bonchev–Trinajstić information content (AvgIpc) is 2.68. The summed E-state index contributed by atoms with van der Waals surface area (Å²) in [6.45, 7) is 4.61. The van der Waals surface area contributed by atoms with Gasteiger partial charge in [0.2, 0.25) is 23.3 Å². The van der Waals surface area contributed by atoms with Crippen LogP contribution in [0.4, 0.5) is 0 Å². The van der Waals surface area contributed by atoms with E-state index >= 15 is 0 Å². The van der Waals surface area contributed by atoms with Gasteiger partial charge in [0.05, 0.1) is 10.9 Å². The molecule has 0 bridgehead atoms. The van der Waals surface area contributed by atoms with Crippen molar-refractivity contribution in [3.63, 3.8) is 0 Å². The highest BCUT2D eigenvalue weighted by Gasteiger charge is 2.20. The summed E-state index contributed by atoms with van der Waals surface area (Å²) in [4.78, 5) is 30.4. The maximum atomic E-state index is 13.0. The first-order chi connectivity index (χ1) is 13.1. The van der Waals surface area contributed by atoms with Gasteiger partial charge in [-0.2, -0.15) is 4.57 Å². The van der Waals surface area contributed by atoms with Crippen LogP contribution >= 0.6 is 0 Å². The summed E-state index contributed by atoms with van der Waals surface area (Å²) in [7, 11) is 0. The lowest BCUT2D eigenvalue weighted by molar-refractivity contribution is -0.657. The second-order valence-electron chi connectivity index (χ2n) is 6.60. The lowest BCUT2D eigenvalue weighted by Crippen LogP contribution is -2.39. The average molecular weight is 358 g/mol. The Morgan fingerprint density at radius 1 is 1.11 bits per heavy atom. The highest BCUT2D eigenvalue weighted by molar-refractivity contribution is 5.97. The predicted molar refractivity (Wildman–Crippen MR) is 105 cm³/mol. The highest BCUT2D eigenvalue weighted by Crippen LogP contribution is 2.12. The molecular formula is C22H20N3O2+. The molecule has 134 valence electrons. The van der Waals surface area contributed by atoms with Crippen LogP contribution in [0.1, 0.15) is 23.0 Å². The summed E-state index contributed by atoms with van der Waals surface area (Å²) in [5.41, 5.74) is 2.37. The molecule has 3 heterocycles. The Morgan fingerprint density at radius 3 is 2.70 bits per heavy atom. The zero-order valence-electron chi connectivity index (χ0n) is 15.3. The number of nitrogens with zero attached hydrogens (tertiary/aromatic N) is 3. The first-order valence-electron chi connectivity index (χ1n) is 8.99. The van der Waals surface area contributed by atoms with Gasteiger partial charge in [-0.15, -0.1) is 0 Å². The third-order valence-corrected chi connectivity index (χ3v) is 4.80. The Morgan fingerprint density at radius 2 is 1.89 bits per heavy atom. The number of aromatic nitrogens is 3. The fourth-order valence-electron chi connectivity index (χ4n) is 3.40. The molecule has 0 unspecified atom stereocenters. The van der Waals surface area contributed by atoms with Gasteiger partial charge in [0, 0.05) is 36.0 Å². The Balaban J connectivity index is 1.82. The van der Waals surface area contributed by atoms with E-state index in [0.29, 0.717) is 17.6 Å². The van der Waals surface area contributed by atoms with E-state index < -0.39 is 0 Å². The number of carbonyl (C=O) groups excluding carboxylic acids is 1. The van der Waals surface area contributed by atoms with Crippen LogP contribution in [-0.4, -0.2) is 15.3 Å². The van der Waals surface area contributed by atoms with E-state index in [4.69, 9.17) is 0 Å². The maximum absolute atomic E-state index is 13.0. The Labute approximate surface area is 156 Å². The number of benzene rings is 1. The Hall–Kier alpha value is -3.34. The number of rotatable bonds is 4. The largest absolute Gasteiger partial charge is 0.332 e. The number of pyridine rings is 3. The number of carbonyl (C=O) groups is 1. The number of aryl methyl sites for hydroxylation is 2. The van der Waals surface area contributed by atoms with E-state index in [1.54, 1.807) is 18.3 Å². The van der Waals surface area contributed by atoms with E-state index in [1.165, 1.54) is 0 Å². The molecule has 1 aromatic carbocycles. The van der Waals surface area contributed by atoms with Crippen LogP contribution in [0.15, 0.2) is 65.7 Å². The summed E-state index contributed by atoms with van der Waals surface area (Å²) in [6.07, 6.45) is 3.51. The van der Waals surface area contributed by atoms with E-state index in [1.807, 2.05) is 65.6 Å². The third kappa shape index (κ3) is 3.01. The lowest BCUT2D eigenvalue weighted by atomic mass is 10.1. The molecule has 3 aromatic heterocycles. The van der Waals surface area contributed by atoms with Crippen molar-refractivity contribution in [1.82, 2.24) is 9.55 Å².